The summed E-state index contributed by atoms with van der Waals surface area (Å²) in [6, 6.07) is 0. The third kappa shape index (κ3) is 3.08. The molecule has 0 N–H and O–H groups in total. The molecule has 6 heteroatoms. The standard InChI is InChI=1S/C14H21N5S/c1-17(2)10-12-9-16-13-3-5-18(6-7-19(12)13)11-14-15-4-8-20-14/h4,8-9H,3,5-7,10-11H2,1-2H3. The van der Waals surface area contributed by atoms with Crippen molar-refractivity contribution in [3.63, 3.8) is 0 Å². The van der Waals surface area contributed by atoms with E-state index < -0.39 is 0 Å². The van der Waals surface area contributed by atoms with Gasteiger partial charge in [0.1, 0.15) is 10.8 Å². The van der Waals surface area contributed by atoms with Crippen LogP contribution in [-0.2, 0) is 26.1 Å². The number of imidazole rings is 1. The molecule has 0 fully saturated rings. The van der Waals surface area contributed by atoms with Crippen molar-refractivity contribution in [3.8, 4) is 0 Å². The summed E-state index contributed by atoms with van der Waals surface area (Å²) >= 11 is 1.74. The number of thiazole rings is 1. The molecule has 0 saturated heterocycles. The van der Waals surface area contributed by atoms with E-state index in [-0.39, 0.29) is 0 Å². The van der Waals surface area contributed by atoms with Crippen LogP contribution in [0.15, 0.2) is 17.8 Å². The fraction of sp³-hybridized carbons (Fsp3) is 0.571. The van der Waals surface area contributed by atoms with Crippen LogP contribution >= 0.6 is 11.3 Å². The van der Waals surface area contributed by atoms with Crippen LogP contribution in [0.1, 0.15) is 16.5 Å². The van der Waals surface area contributed by atoms with Crippen LogP contribution in [0.2, 0.25) is 0 Å². The average molecular weight is 291 g/mol. The smallest absolute Gasteiger partial charge is 0.110 e. The molecule has 108 valence electrons. The lowest BCUT2D eigenvalue weighted by Gasteiger charge is -2.18. The van der Waals surface area contributed by atoms with E-state index in [9.17, 15) is 0 Å². The molecule has 0 atom stereocenters. The molecular weight excluding hydrogens is 270 g/mol. The van der Waals surface area contributed by atoms with E-state index >= 15 is 0 Å². The van der Waals surface area contributed by atoms with Crippen LogP contribution in [0, 0.1) is 0 Å². The Bertz CT molecular complexity index is 546. The van der Waals surface area contributed by atoms with Crippen LogP contribution in [0.3, 0.4) is 0 Å². The molecule has 0 radical (unpaired) electrons. The zero-order valence-corrected chi connectivity index (χ0v) is 12.9. The highest BCUT2D eigenvalue weighted by Crippen LogP contribution is 2.15. The molecule has 0 bridgehead atoms. The highest BCUT2D eigenvalue weighted by Gasteiger charge is 2.18. The van der Waals surface area contributed by atoms with Gasteiger partial charge in [-0.15, -0.1) is 11.3 Å². The molecule has 0 unspecified atom stereocenters. The molecule has 3 rings (SSSR count). The maximum absolute atomic E-state index is 4.60. The van der Waals surface area contributed by atoms with E-state index in [1.807, 2.05) is 17.8 Å². The van der Waals surface area contributed by atoms with Crippen molar-refractivity contribution in [2.45, 2.75) is 26.1 Å². The summed E-state index contributed by atoms with van der Waals surface area (Å²) in [5.41, 5.74) is 1.32. The molecule has 0 spiro atoms. The van der Waals surface area contributed by atoms with Gasteiger partial charge in [-0.25, -0.2) is 9.97 Å². The van der Waals surface area contributed by atoms with Gasteiger partial charge in [0.25, 0.3) is 0 Å². The minimum Gasteiger partial charge on any atom is -0.329 e. The third-order valence-electron chi connectivity index (χ3n) is 3.63. The summed E-state index contributed by atoms with van der Waals surface area (Å²) in [6.45, 7) is 5.09. The molecule has 0 aromatic carbocycles. The molecule has 2 aromatic rings. The normalized spacial score (nSPS) is 16.4. The second-order valence-electron chi connectivity index (χ2n) is 5.51. The highest BCUT2D eigenvalue weighted by atomic mass is 32.1. The summed E-state index contributed by atoms with van der Waals surface area (Å²) in [4.78, 5) is 13.7. The monoisotopic (exact) mass is 291 g/mol. The first kappa shape index (κ1) is 13.7. The van der Waals surface area contributed by atoms with Crippen LogP contribution in [0.25, 0.3) is 0 Å². The summed E-state index contributed by atoms with van der Waals surface area (Å²) in [5.74, 6) is 1.23. The lowest BCUT2D eigenvalue weighted by atomic mass is 10.4. The highest BCUT2D eigenvalue weighted by molar-refractivity contribution is 7.09. The Balaban J connectivity index is 1.67. The van der Waals surface area contributed by atoms with Gasteiger partial charge in [-0.05, 0) is 14.1 Å². The summed E-state index contributed by atoms with van der Waals surface area (Å²) in [6.07, 6.45) is 4.95. The van der Waals surface area contributed by atoms with Gasteiger partial charge < -0.3 is 9.47 Å². The molecule has 0 aliphatic carbocycles. The lowest BCUT2D eigenvalue weighted by Crippen LogP contribution is -2.26. The summed E-state index contributed by atoms with van der Waals surface area (Å²) in [5, 5.41) is 3.26. The van der Waals surface area contributed by atoms with E-state index in [1.165, 1.54) is 16.5 Å². The van der Waals surface area contributed by atoms with Gasteiger partial charge in [0.15, 0.2) is 0 Å². The Kier molecular flexibility index (Phi) is 4.14. The quantitative estimate of drug-likeness (QED) is 0.855. The Morgan fingerprint density at radius 3 is 2.90 bits per heavy atom. The van der Waals surface area contributed by atoms with Crippen molar-refractivity contribution in [2.24, 2.45) is 0 Å². The van der Waals surface area contributed by atoms with E-state index in [1.54, 1.807) is 11.3 Å². The van der Waals surface area contributed by atoms with Gasteiger partial charge in [-0.3, -0.25) is 4.90 Å². The molecule has 0 saturated carbocycles. The van der Waals surface area contributed by atoms with E-state index in [0.29, 0.717) is 0 Å². The molecule has 1 aliphatic heterocycles. The van der Waals surface area contributed by atoms with Crippen molar-refractivity contribution < 1.29 is 0 Å². The van der Waals surface area contributed by atoms with Crippen molar-refractivity contribution in [3.05, 3.63) is 34.3 Å². The zero-order chi connectivity index (χ0) is 13.9. The number of hydrogen-bond acceptors (Lipinski definition) is 5. The van der Waals surface area contributed by atoms with Crippen LogP contribution in [-0.4, -0.2) is 51.5 Å². The second kappa shape index (κ2) is 6.03. The van der Waals surface area contributed by atoms with Gasteiger partial charge in [0.2, 0.25) is 0 Å². The minimum absolute atomic E-state index is 0.958. The number of rotatable bonds is 4. The molecule has 5 nitrogen and oxygen atoms in total. The van der Waals surface area contributed by atoms with Gasteiger partial charge >= 0.3 is 0 Å². The maximum atomic E-state index is 4.60. The Morgan fingerprint density at radius 2 is 2.15 bits per heavy atom. The van der Waals surface area contributed by atoms with Gasteiger partial charge in [0, 0.05) is 50.4 Å². The average Bonchev–Trinajstić information content (AvgIpc) is 2.98. The molecule has 20 heavy (non-hydrogen) atoms. The predicted molar refractivity (Wildman–Crippen MR) is 80.7 cm³/mol. The predicted octanol–water partition coefficient (Wildman–Crippen LogP) is 1.46. The Morgan fingerprint density at radius 1 is 1.25 bits per heavy atom. The SMILES string of the molecule is CN(C)Cc1cnc2n1CCN(Cc1nccs1)CC2. The molecule has 1 aliphatic rings. The third-order valence-corrected chi connectivity index (χ3v) is 4.40. The number of nitrogens with zero attached hydrogens (tertiary/aromatic N) is 5. The van der Waals surface area contributed by atoms with Crippen molar-refractivity contribution >= 4 is 11.3 Å². The summed E-state index contributed by atoms with van der Waals surface area (Å²) < 4.78 is 2.39. The largest absolute Gasteiger partial charge is 0.329 e. The van der Waals surface area contributed by atoms with Crippen molar-refractivity contribution in [1.29, 1.82) is 0 Å². The Labute approximate surface area is 123 Å². The van der Waals surface area contributed by atoms with Crippen molar-refractivity contribution in [1.82, 2.24) is 24.3 Å². The van der Waals surface area contributed by atoms with Gasteiger partial charge in [-0.2, -0.15) is 0 Å². The molecule has 0 amide bonds. The fourth-order valence-electron chi connectivity index (χ4n) is 2.67. The topological polar surface area (TPSA) is 37.2 Å². The molecular formula is C14H21N5S. The first-order valence-electron chi connectivity index (χ1n) is 7.01. The van der Waals surface area contributed by atoms with E-state index in [0.717, 1.165) is 39.1 Å². The lowest BCUT2D eigenvalue weighted by molar-refractivity contribution is 0.269. The fourth-order valence-corrected chi connectivity index (χ4v) is 3.33. The van der Waals surface area contributed by atoms with Gasteiger partial charge in [-0.1, -0.05) is 0 Å². The first-order chi connectivity index (χ1) is 9.72. The summed E-state index contributed by atoms with van der Waals surface area (Å²) in [7, 11) is 4.21. The molecule has 3 heterocycles. The van der Waals surface area contributed by atoms with E-state index in [2.05, 4.69) is 38.4 Å². The minimum atomic E-state index is 0.958. The zero-order valence-electron chi connectivity index (χ0n) is 12.1. The van der Waals surface area contributed by atoms with Crippen LogP contribution in [0.5, 0.6) is 0 Å². The number of aromatic nitrogens is 3. The number of fused-ring (bicyclic) bond motifs is 1. The van der Waals surface area contributed by atoms with E-state index in [4.69, 9.17) is 0 Å². The maximum Gasteiger partial charge on any atom is 0.110 e. The second-order valence-corrected chi connectivity index (χ2v) is 6.49. The van der Waals surface area contributed by atoms with Crippen molar-refractivity contribution in [2.75, 3.05) is 27.2 Å². The molecule has 2 aromatic heterocycles. The van der Waals surface area contributed by atoms with Crippen LogP contribution in [0.4, 0.5) is 0 Å². The van der Waals surface area contributed by atoms with Gasteiger partial charge in [0.05, 0.1) is 12.2 Å². The number of hydrogen-bond donors (Lipinski definition) is 0. The Hall–Kier alpha value is -1.24. The first-order valence-corrected chi connectivity index (χ1v) is 7.89. The van der Waals surface area contributed by atoms with Crippen LogP contribution < -0.4 is 0 Å².